The lowest BCUT2D eigenvalue weighted by molar-refractivity contribution is -0.143. The highest BCUT2D eigenvalue weighted by atomic mass is 16.5. The quantitative estimate of drug-likeness (QED) is 0.218. The number of hydrogen-bond donors (Lipinski definition) is 2. The van der Waals surface area contributed by atoms with Crippen LogP contribution in [0.4, 0.5) is 0 Å². The summed E-state index contributed by atoms with van der Waals surface area (Å²) in [5, 5.41) is 12.9. The lowest BCUT2D eigenvalue weighted by Gasteiger charge is -2.31. The molecule has 0 aromatic heterocycles. The van der Waals surface area contributed by atoms with Gasteiger partial charge in [-0.25, -0.2) is 4.79 Å². The third-order valence-electron chi connectivity index (χ3n) is 8.57. The van der Waals surface area contributed by atoms with E-state index in [9.17, 15) is 14.7 Å². The van der Waals surface area contributed by atoms with Crippen molar-refractivity contribution < 1.29 is 19.4 Å². The molecule has 1 aliphatic rings. The fourth-order valence-electron chi connectivity index (χ4n) is 6.03. The molecule has 2 atom stereocenters. The zero-order valence-electron chi connectivity index (χ0n) is 25.5. The van der Waals surface area contributed by atoms with Gasteiger partial charge in [-0.1, -0.05) is 113 Å². The zero-order chi connectivity index (χ0) is 30.0. The van der Waals surface area contributed by atoms with Gasteiger partial charge in [-0.15, -0.1) is 0 Å². The minimum Gasteiger partial charge on any atom is -0.493 e. The van der Waals surface area contributed by atoms with E-state index < -0.39 is 12.0 Å². The number of carbonyl (C=O) groups is 2. The molecule has 1 amide bonds. The summed E-state index contributed by atoms with van der Waals surface area (Å²) in [6.45, 7) is 6.89. The predicted molar refractivity (Wildman–Crippen MR) is 170 cm³/mol. The molecule has 0 heterocycles. The Morgan fingerprint density at radius 2 is 1.55 bits per heavy atom. The van der Waals surface area contributed by atoms with Gasteiger partial charge in [0.1, 0.15) is 11.8 Å². The first-order valence-corrected chi connectivity index (χ1v) is 15.6. The fourth-order valence-corrected chi connectivity index (χ4v) is 6.03. The number of para-hydroxylation sites is 1. The molecule has 0 saturated heterocycles. The van der Waals surface area contributed by atoms with E-state index in [1.54, 1.807) is 0 Å². The summed E-state index contributed by atoms with van der Waals surface area (Å²) in [6.07, 6.45) is 9.08. The second kappa shape index (κ2) is 15.0. The molecule has 224 valence electrons. The summed E-state index contributed by atoms with van der Waals surface area (Å²) in [6, 6.07) is 25.3. The number of benzene rings is 3. The second-order valence-corrected chi connectivity index (χ2v) is 12.9. The van der Waals surface area contributed by atoms with Crippen LogP contribution in [0.1, 0.15) is 76.8 Å². The van der Waals surface area contributed by atoms with Crippen molar-refractivity contribution in [2.24, 2.45) is 17.3 Å². The molecular formula is C37H47NO4. The van der Waals surface area contributed by atoms with Crippen molar-refractivity contribution in [2.45, 2.75) is 84.6 Å². The first kappa shape index (κ1) is 31.3. The fraction of sp³-hybridized carbons (Fsp3) is 0.459. The summed E-state index contributed by atoms with van der Waals surface area (Å²) in [5.74, 6) is 0.0103. The average molecular weight is 570 g/mol. The number of carbonyl (C=O) groups excluding carboxylic acids is 1. The molecule has 0 bridgehead atoms. The van der Waals surface area contributed by atoms with Crippen molar-refractivity contribution in [3.05, 3.63) is 90.0 Å². The number of ether oxygens (including phenoxy) is 1. The number of aliphatic carboxylic acids is 1. The van der Waals surface area contributed by atoms with Crippen LogP contribution in [0.2, 0.25) is 0 Å². The molecule has 42 heavy (non-hydrogen) atoms. The maximum Gasteiger partial charge on any atom is 0.326 e. The van der Waals surface area contributed by atoms with E-state index in [-0.39, 0.29) is 23.7 Å². The molecule has 3 aromatic rings. The highest BCUT2D eigenvalue weighted by Gasteiger charge is 2.33. The van der Waals surface area contributed by atoms with Gasteiger partial charge in [0.15, 0.2) is 0 Å². The highest BCUT2D eigenvalue weighted by Crippen LogP contribution is 2.33. The van der Waals surface area contributed by atoms with Crippen LogP contribution in [0.15, 0.2) is 78.9 Å². The van der Waals surface area contributed by atoms with Gasteiger partial charge in [0.05, 0.1) is 6.61 Å². The summed E-state index contributed by atoms with van der Waals surface area (Å²) >= 11 is 0. The molecular weight excluding hydrogens is 522 g/mol. The molecule has 4 rings (SSSR count). The van der Waals surface area contributed by atoms with Crippen LogP contribution in [-0.4, -0.2) is 29.6 Å². The van der Waals surface area contributed by atoms with Gasteiger partial charge < -0.3 is 15.2 Å². The van der Waals surface area contributed by atoms with Gasteiger partial charge in [0, 0.05) is 17.9 Å². The van der Waals surface area contributed by atoms with Crippen LogP contribution in [0, 0.1) is 17.3 Å². The number of carboxylic acid groups (broad SMARTS) is 1. The molecule has 1 saturated carbocycles. The van der Waals surface area contributed by atoms with Crippen molar-refractivity contribution in [1.29, 1.82) is 0 Å². The van der Waals surface area contributed by atoms with Gasteiger partial charge >= 0.3 is 5.97 Å². The smallest absolute Gasteiger partial charge is 0.326 e. The number of aryl methyl sites for hydroxylation is 1. The van der Waals surface area contributed by atoms with Crippen LogP contribution >= 0.6 is 0 Å². The van der Waals surface area contributed by atoms with E-state index in [2.05, 4.69) is 23.5 Å². The van der Waals surface area contributed by atoms with Gasteiger partial charge in [-0.3, -0.25) is 4.79 Å². The lowest BCUT2D eigenvalue weighted by Crippen LogP contribution is -2.47. The van der Waals surface area contributed by atoms with E-state index >= 15 is 0 Å². The first-order chi connectivity index (χ1) is 20.2. The molecule has 3 aromatic carbocycles. The van der Waals surface area contributed by atoms with Gasteiger partial charge in [-0.2, -0.15) is 0 Å². The highest BCUT2D eigenvalue weighted by molar-refractivity contribution is 5.85. The van der Waals surface area contributed by atoms with Crippen LogP contribution in [0.25, 0.3) is 11.1 Å². The molecule has 1 unspecified atom stereocenters. The molecule has 0 aliphatic heterocycles. The summed E-state index contributed by atoms with van der Waals surface area (Å²) < 4.78 is 6.28. The minimum atomic E-state index is -1.02. The third kappa shape index (κ3) is 9.20. The van der Waals surface area contributed by atoms with E-state index in [1.807, 2.05) is 81.4 Å². The maximum absolute atomic E-state index is 13.4. The topological polar surface area (TPSA) is 75.6 Å². The Bertz CT molecular complexity index is 1270. The Labute approximate surface area is 251 Å². The molecule has 0 radical (unpaired) electrons. The van der Waals surface area contributed by atoms with Crippen molar-refractivity contribution in [1.82, 2.24) is 5.32 Å². The molecule has 1 fully saturated rings. The average Bonchev–Trinajstić information content (AvgIpc) is 2.99. The molecule has 2 N–H and O–H groups in total. The van der Waals surface area contributed by atoms with E-state index in [0.717, 1.165) is 41.9 Å². The van der Waals surface area contributed by atoms with Gasteiger partial charge in [-0.05, 0) is 66.2 Å². The maximum atomic E-state index is 13.4. The Hall–Kier alpha value is -3.60. The molecule has 5 nitrogen and oxygen atoms in total. The zero-order valence-corrected chi connectivity index (χ0v) is 25.5. The van der Waals surface area contributed by atoms with Gasteiger partial charge in [0.2, 0.25) is 5.91 Å². The summed E-state index contributed by atoms with van der Waals surface area (Å²) in [7, 11) is 0. The molecule has 1 aliphatic carbocycles. The summed E-state index contributed by atoms with van der Waals surface area (Å²) in [4.78, 5) is 25.6. The Morgan fingerprint density at radius 1 is 0.881 bits per heavy atom. The first-order valence-electron chi connectivity index (χ1n) is 15.6. The van der Waals surface area contributed by atoms with Crippen LogP contribution < -0.4 is 10.1 Å². The Morgan fingerprint density at radius 3 is 2.21 bits per heavy atom. The number of amides is 1. The monoisotopic (exact) mass is 569 g/mol. The number of nitrogens with one attached hydrogen (secondary N) is 1. The Balaban J connectivity index is 1.38. The lowest BCUT2D eigenvalue weighted by atomic mass is 9.77. The number of carboxylic acids is 1. The van der Waals surface area contributed by atoms with E-state index in [4.69, 9.17) is 4.74 Å². The predicted octanol–water partition coefficient (Wildman–Crippen LogP) is 8.11. The van der Waals surface area contributed by atoms with Crippen molar-refractivity contribution in [3.8, 4) is 16.9 Å². The largest absolute Gasteiger partial charge is 0.493 e. The SMILES string of the molecule is CC(C)(C)[C@H](CCCc1ccccc1)C(=O)NC(Cc1ccc(-c2ccccc2OCC2CCCCC2)cc1)C(=O)O. The third-order valence-corrected chi connectivity index (χ3v) is 8.57. The van der Waals surface area contributed by atoms with Crippen molar-refractivity contribution in [2.75, 3.05) is 6.61 Å². The van der Waals surface area contributed by atoms with Crippen molar-refractivity contribution in [3.63, 3.8) is 0 Å². The minimum absolute atomic E-state index is 0.191. The normalized spacial score (nSPS) is 15.5. The molecule has 0 spiro atoms. The van der Waals surface area contributed by atoms with Crippen LogP contribution in [0.5, 0.6) is 5.75 Å². The van der Waals surface area contributed by atoms with Gasteiger partial charge in [0.25, 0.3) is 0 Å². The van der Waals surface area contributed by atoms with E-state index in [1.165, 1.54) is 37.7 Å². The molecule has 5 heteroatoms. The number of hydrogen-bond acceptors (Lipinski definition) is 3. The standard InChI is InChI=1S/C37H47NO4/c1-37(2,3)32(19-12-17-27-13-6-4-7-14-27)35(39)38-33(36(40)41)25-28-21-23-30(24-22-28)31-18-10-11-20-34(31)42-26-29-15-8-5-9-16-29/h4,6-7,10-11,13-14,18,20-24,29,32-33H,5,8-9,12,15-17,19,25-26H2,1-3H3,(H,38,39)(H,40,41)/t32-,33?/m1/s1. The van der Waals surface area contributed by atoms with Crippen LogP contribution in [-0.2, 0) is 22.4 Å². The number of rotatable bonds is 13. The van der Waals surface area contributed by atoms with E-state index in [0.29, 0.717) is 12.3 Å². The van der Waals surface area contributed by atoms with Crippen LogP contribution in [0.3, 0.4) is 0 Å². The van der Waals surface area contributed by atoms with Crippen molar-refractivity contribution >= 4 is 11.9 Å². The summed E-state index contributed by atoms with van der Waals surface area (Å²) in [5.41, 5.74) is 3.89. The second-order valence-electron chi connectivity index (χ2n) is 12.9. The Kier molecular flexibility index (Phi) is 11.2.